The van der Waals surface area contributed by atoms with Gasteiger partial charge in [-0.3, -0.25) is 4.79 Å². The molecular formula is C12H14ClNO4S. The summed E-state index contributed by atoms with van der Waals surface area (Å²) in [6.45, 7) is -0.324. The van der Waals surface area contributed by atoms with Crippen LogP contribution in [0.3, 0.4) is 0 Å². The molecule has 1 amide bonds. The van der Waals surface area contributed by atoms with Gasteiger partial charge in [0.15, 0.2) is 0 Å². The summed E-state index contributed by atoms with van der Waals surface area (Å²) in [5.74, 6) is -1.76. The maximum atomic E-state index is 12.0. The minimum Gasteiger partial charge on any atom is -0.480 e. The SMILES string of the molecule is CSc1ccc(Cl)c(C(=O)N[C@H](CCO)C(=O)O)c1. The molecule has 0 aliphatic rings. The van der Waals surface area contributed by atoms with Gasteiger partial charge in [-0.2, -0.15) is 0 Å². The summed E-state index contributed by atoms with van der Waals surface area (Å²) in [7, 11) is 0. The number of halogens is 1. The Balaban J connectivity index is 2.90. The van der Waals surface area contributed by atoms with Crippen LogP contribution in [-0.2, 0) is 4.79 Å². The van der Waals surface area contributed by atoms with Crippen molar-refractivity contribution in [3.05, 3.63) is 28.8 Å². The molecule has 0 heterocycles. The molecule has 1 atom stereocenters. The minimum atomic E-state index is -1.19. The van der Waals surface area contributed by atoms with Gasteiger partial charge in [-0.05, 0) is 24.5 Å². The van der Waals surface area contributed by atoms with Gasteiger partial charge in [-0.1, -0.05) is 11.6 Å². The number of nitrogens with one attached hydrogen (secondary N) is 1. The molecule has 1 rings (SSSR count). The van der Waals surface area contributed by atoms with E-state index in [-0.39, 0.29) is 23.6 Å². The van der Waals surface area contributed by atoms with Crippen LogP contribution >= 0.6 is 23.4 Å². The third-order valence-electron chi connectivity index (χ3n) is 2.44. The molecule has 0 spiro atoms. The zero-order chi connectivity index (χ0) is 14.4. The third kappa shape index (κ3) is 4.41. The molecule has 0 aromatic heterocycles. The van der Waals surface area contributed by atoms with Crippen molar-refractivity contribution in [2.24, 2.45) is 0 Å². The van der Waals surface area contributed by atoms with Crippen LogP contribution in [-0.4, -0.2) is 41.0 Å². The van der Waals surface area contributed by atoms with E-state index in [0.717, 1.165) is 4.90 Å². The number of aliphatic carboxylic acids is 1. The maximum Gasteiger partial charge on any atom is 0.326 e. The molecule has 0 aliphatic carbocycles. The van der Waals surface area contributed by atoms with Gasteiger partial charge in [0.25, 0.3) is 5.91 Å². The number of carboxylic acids is 1. The molecule has 19 heavy (non-hydrogen) atoms. The topological polar surface area (TPSA) is 86.6 Å². The second-order valence-electron chi connectivity index (χ2n) is 3.72. The highest BCUT2D eigenvalue weighted by atomic mass is 35.5. The van der Waals surface area contributed by atoms with Crippen LogP contribution < -0.4 is 5.32 Å². The summed E-state index contributed by atoms with van der Waals surface area (Å²) in [4.78, 5) is 23.7. The van der Waals surface area contributed by atoms with Gasteiger partial charge in [0.05, 0.1) is 10.6 Å². The average Bonchev–Trinajstić information content (AvgIpc) is 2.38. The van der Waals surface area contributed by atoms with Crippen LogP contribution in [0.15, 0.2) is 23.1 Å². The second-order valence-corrected chi connectivity index (χ2v) is 5.01. The quantitative estimate of drug-likeness (QED) is 0.695. The number of carbonyl (C=O) groups is 2. The van der Waals surface area contributed by atoms with E-state index in [2.05, 4.69) is 5.32 Å². The fourth-order valence-corrected chi connectivity index (χ4v) is 2.07. The summed E-state index contributed by atoms with van der Waals surface area (Å²) in [5.41, 5.74) is 0.220. The highest BCUT2D eigenvalue weighted by Gasteiger charge is 2.21. The standard InChI is InChI=1S/C12H14ClNO4S/c1-19-7-2-3-9(13)8(6-7)11(16)14-10(4-5-15)12(17)18/h2-3,6,10,15H,4-5H2,1H3,(H,14,16)(H,17,18)/t10-/m1/s1. The molecule has 0 aliphatic heterocycles. The number of thioether (sulfide) groups is 1. The Hall–Kier alpha value is -1.24. The molecule has 0 saturated carbocycles. The van der Waals surface area contributed by atoms with Crippen molar-refractivity contribution >= 4 is 35.2 Å². The molecule has 5 nitrogen and oxygen atoms in total. The summed E-state index contributed by atoms with van der Waals surface area (Å²) >= 11 is 7.37. The Kier molecular flexibility index (Phi) is 6.14. The van der Waals surface area contributed by atoms with Crippen LogP contribution in [0.5, 0.6) is 0 Å². The number of amides is 1. The number of carbonyl (C=O) groups excluding carboxylic acids is 1. The first-order chi connectivity index (χ1) is 8.99. The highest BCUT2D eigenvalue weighted by molar-refractivity contribution is 7.98. The monoisotopic (exact) mass is 303 g/mol. The van der Waals surface area contributed by atoms with Crippen LogP contribution in [0.1, 0.15) is 16.8 Å². The van der Waals surface area contributed by atoms with Gasteiger partial charge in [0.2, 0.25) is 0 Å². The molecule has 1 aromatic carbocycles. The molecule has 3 N–H and O–H groups in total. The van der Waals surface area contributed by atoms with E-state index < -0.39 is 17.9 Å². The predicted octanol–water partition coefficient (Wildman–Crippen LogP) is 1.63. The highest BCUT2D eigenvalue weighted by Crippen LogP contribution is 2.23. The van der Waals surface area contributed by atoms with Crippen molar-refractivity contribution in [2.45, 2.75) is 17.4 Å². The fraction of sp³-hybridized carbons (Fsp3) is 0.333. The largest absolute Gasteiger partial charge is 0.480 e. The number of hydrogen-bond donors (Lipinski definition) is 3. The first-order valence-corrected chi connectivity index (χ1v) is 7.08. The molecule has 0 radical (unpaired) electrons. The molecule has 104 valence electrons. The Morgan fingerprint density at radius 3 is 2.68 bits per heavy atom. The number of aliphatic hydroxyl groups is 1. The van der Waals surface area contributed by atoms with E-state index in [4.69, 9.17) is 21.8 Å². The van der Waals surface area contributed by atoms with Crippen molar-refractivity contribution in [3.8, 4) is 0 Å². The van der Waals surface area contributed by atoms with Gasteiger partial charge in [0.1, 0.15) is 6.04 Å². The molecule has 1 aromatic rings. The average molecular weight is 304 g/mol. The van der Waals surface area contributed by atoms with E-state index in [0.29, 0.717) is 0 Å². The summed E-state index contributed by atoms with van der Waals surface area (Å²) < 4.78 is 0. The smallest absolute Gasteiger partial charge is 0.326 e. The van der Waals surface area contributed by atoms with Crippen molar-refractivity contribution in [3.63, 3.8) is 0 Å². The lowest BCUT2D eigenvalue weighted by Crippen LogP contribution is -2.41. The normalized spacial score (nSPS) is 11.9. The van der Waals surface area contributed by atoms with Crippen molar-refractivity contribution in [1.82, 2.24) is 5.32 Å². The van der Waals surface area contributed by atoms with Crippen LogP contribution in [0.25, 0.3) is 0 Å². The molecule has 0 bridgehead atoms. The lowest BCUT2D eigenvalue weighted by atomic mass is 10.1. The van der Waals surface area contributed by atoms with E-state index in [1.807, 2.05) is 6.26 Å². The second kappa shape index (κ2) is 7.37. The number of rotatable bonds is 6. The number of hydrogen-bond acceptors (Lipinski definition) is 4. The number of carboxylic acid groups (broad SMARTS) is 1. The van der Waals surface area contributed by atoms with E-state index in [9.17, 15) is 9.59 Å². The Morgan fingerprint density at radius 2 is 2.16 bits per heavy atom. The van der Waals surface area contributed by atoms with Crippen molar-refractivity contribution in [1.29, 1.82) is 0 Å². The fourth-order valence-electron chi connectivity index (χ4n) is 1.43. The summed E-state index contributed by atoms with van der Waals surface area (Å²) in [5, 5.41) is 20.3. The number of benzene rings is 1. The van der Waals surface area contributed by atoms with Crippen LogP contribution in [0, 0.1) is 0 Å². The molecule has 0 saturated heterocycles. The summed E-state index contributed by atoms with van der Waals surface area (Å²) in [6, 6.07) is 3.82. The lowest BCUT2D eigenvalue weighted by Gasteiger charge is -2.14. The van der Waals surface area contributed by atoms with Crippen molar-refractivity contribution in [2.75, 3.05) is 12.9 Å². The number of aliphatic hydroxyl groups excluding tert-OH is 1. The van der Waals surface area contributed by atoms with Gasteiger partial charge < -0.3 is 15.5 Å². The van der Waals surface area contributed by atoms with E-state index in [1.54, 1.807) is 18.2 Å². The van der Waals surface area contributed by atoms with Gasteiger partial charge in [0, 0.05) is 17.9 Å². The summed E-state index contributed by atoms with van der Waals surface area (Å²) in [6.07, 6.45) is 1.80. The first kappa shape index (κ1) is 15.8. The Bertz CT molecular complexity index is 481. The van der Waals surface area contributed by atoms with Gasteiger partial charge in [-0.15, -0.1) is 11.8 Å². The van der Waals surface area contributed by atoms with Crippen LogP contribution in [0.4, 0.5) is 0 Å². The zero-order valence-corrected chi connectivity index (χ0v) is 11.8. The molecular weight excluding hydrogens is 290 g/mol. The van der Waals surface area contributed by atoms with Gasteiger partial charge in [-0.25, -0.2) is 4.79 Å². The van der Waals surface area contributed by atoms with Crippen molar-refractivity contribution < 1.29 is 19.8 Å². The predicted molar refractivity (Wildman–Crippen MR) is 73.8 cm³/mol. The molecule has 7 heteroatoms. The van der Waals surface area contributed by atoms with E-state index >= 15 is 0 Å². The lowest BCUT2D eigenvalue weighted by molar-refractivity contribution is -0.139. The first-order valence-electron chi connectivity index (χ1n) is 5.47. The third-order valence-corrected chi connectivity index (χ3v) is 3.49. The van der Waals surface area contributed by atoms with Crippen LogP contribution in [0.2, 0.25) is 5.02 Å². The maximum absolute atomic E-state index is 12.0. The van der Waals surface area contributed by atoms with E-state index in [1.165, 1.54) is 11.8 Å². The Morgan fingerprint density at radius 1 is 1.47 bits per heavy atom. The zero-order valence-electron chi connectivity index (χ0n) is 10.2. The minimum absolute atomic E-state index is 0.0547. The molecule has 0 fully saturated rings. The molecule has 0 unspecified atom stereocenters. The van der Waals surface area contributed by atoms with Gasteiger partial charge >= 0.3 is 5.97 Å². The Labute approximate surface area is 120 Å².